The van der Waals surface area contributed by atoms with Gasteiger partial charge in [-0.25, -0.2) is 4.52 Å². The van der Waals surface area contributed by atoms with Crippen molar-refractivity contribution < 1.29 is 27.1 Å². The van der Waals surface area contributed by atoms with Crippen molar-refractivity contribution in [1.29, 1.82) is 0 Å². The van der Waals surface area contributed by atoms with Crippen molar-refractivity contribution in [2.24, 2.45) is 22.3 Å². The van der Waals surface area contributed by atoms with Crippen molar-refractivity contribution in [3.63, 3.8) is 0 Å². The molecule has 0 aliphatic carbocycles. The third kappa shape index (κ3) is 14.1. The predicted molar refractivity (Wildman–Crippen MR) is 246 cm³/mol. The summed E-state index contributed by atoms with van der Waals surface area (Å²) < 4.78 is 45.4. The van der Waals surface area contributed by atoms with E-state index in [9.17, 15) is 0 Å². The molecule has 59 heavy (non-hydrogen) atoms. The van der Waals surface area contributed by atoms with Crippen LogP contribution < -0.4 is 18.4 Å². The Balaban J connectivity index is 1.39. The monoisotopic (exact) mass is 848 g/mol. The molecule has 0 saturated heterocycles. The minimum absolute atomic E-state index is 0.152. The lowest BCUT2D eigenvalue weighted by atomic mass is 10.1. The average molecular weight is 849 g/mol. The summed E-state index contributed by atoms with van der Waals surface area (Å²) in [4.78, 5) is 3.58. The van der Waals surface area contributed by atoms with E-state index in [4.69, 9.17) is 31.7 Å². The van der Waals surface area contributed by atoms with Gasteiger partial charge in [0, 0.05) is 0 Å². The Hall–Kier alpha value is -4.48. The fourth-order valence-corrected chi connectivity index (χ4v) is 11.7. The number of benzene rings is 6. The zero-order valence-corrected chi connectivity index (χ0v) is 37.4. The fraction of sp³-hybridized carbons (Fsp3) is 0.250. The van der Waals surface area contributed by atoms with Gasteiger partial charge in [0.05, 0.1) is 6.61 Å². The van der Waals surface area contributed by atoms with Crippen LogP contribution in [-0.2, 0) is 13.6 Å². The third-order valence-electron chi connectivity index (χ3n) is 8.51. The van der Waals surface area contributed by atoms with Crippen LogP contribution in [0.2, 0.25) is 0 Å². The van der Waals surface area contributed by atoms with Gasteiger partial charge in [0.2, 0.25) is 4.52 Å². The minimum atomic E-state index is -3.55. The maximum atomic E-state index is 6.97. The summed E-state index contributed by atoms with van der Waals surface area (Å²) in [5.41, 5.74) is 6.57. The van der Waals surface area contributed by atoms with Gasteiger partial charge in [0.1, 0.15) is 19.0 Å². The molecular weight excluding hydrogens is 793 g/mol. The molecule has 0 saturated carbocycles. The van der Waals surface area contributed by atoms with Crippen molar-refractivity contribution >= 4 is 24.7 Å². The van der Waals surface area contributed by atoms with E-state index in [0.29, 0.717) is 37.1 Å². The van der Waals surface area contributed by atoms with Gasteiger partial charge in [0.25, 0.3) is 0 Å². The number of hydrogen-bond donors (Lipinski definition) is 1. The van der Waals surface area contributed by atoms with Crippen molar-refractivity contribution in [1.82, 2.24) is 4.86 Å². The molecule has 306 valence electrons. The second-order valence-corrected chi connectivity index (χ2v) is 20.1. The van der Waals surface area contributed by atoms with E-state index in [1.165, 1.54) is 0 Å². The molecule has 3 unspecified atom stereocenters. The van der Waals surface area contributed by atoms with E-state index in [-0.39, 0.29) is 17.8 Å². The lowest BCUT2D eigenvalue weighted by molar-refractivity contribution is 0.243. The lowest BCUT2D eigenvalue weighted by Gasteiger charge is -2.23. The molecule has 0 radical (unpaired) electrons. The Labute approximate surface area is 353 Å². The van der Waals surface area contributed by atoms with Crippen LogP contribution in [0.1, 0.15) is 41.5 Å². The number of nitrogens with zero attached hydrogens (tertiary/aromatic N) is 1. The van der Waals surface area contributed by atoms with E-state index in [1.807, 2.05) is 127 Å². The van der Waals surface area contributed by atoms with Gasteiger partial charge in [-0.3, -0.25) is 4.52 Å². The van der Waals surface area contributed by atoms with Crippen molar-refractivity contribution in [3.05, 3.63) is 164 Å². The molecule has 0 bridgehead atoms. The summed E-state index contributed by atoms with van der Waals surface area (Å²) in [5.74, 6) is 2.41. The van der Waals surface area contributed by atoms with E-state index < -0.39 is 24.7 Å². The zero-order chi connectivity index (χ0) is 41.5. The highest BCUT2D eigenvalue weighted by Gasteiger charge is 2.57. The Morgan fingerprint density at radius 3 is 1.34 bits per heavy atom. The number of nitrogens with one attached hydrogen (secondary N) is 1. The molecule has 0 heterocycles. The smallest absolute Gasteiger partial charge is 0.434 e. The summed E-state index contributed by atoms with van der Waals surface area (Å²) in [6.07, 6.45) is 0. The van der Waals surface area contributed by atoms with Crippen LogP contribution in [0.5, 0.6) is 17.2 Å². The molecule has 1 N–H and O–H groups in total. The fourth-order valence-electron chi connectivity index (χ4n) is 5.51. The second kappa shape index (κ2) is 22.2. The SMILES string of the molecule is CC(C)COP(N[P+](N=[P+](OCC(C)C)Oc1ccc(-c2ccccc2)cc1)(OCC(C)C)Oc1ccc(-c2ccccc2)cc1)Oc1ccc(-c2ccccc2)cc1. The molecule has 3 atom stereocenters. The van der Waals surface area contributed by atoms with Crippen LogP contribution in [0.4, 0.5) is 0 Å². The van der Waals surface area contributed by atoms with Gasteiger partial charge in [-0.05, 0) is 92.4 Å². The minimum Gasteiger partial charge on any atom is -0.434 e. The molecule has 11 heteroatoms. The van der Waals surface area contributed by atoms with E-state index in [1.54, 1.807) is 0 Å². The first kappa shape index (κ1) is 44.1. The van der Waals surface area contributed by atoms with Crippen LogP contribution in [0.3, 0.4) is 0 Å². The van der Waals surface area contributed by atoms with Gasteiger partial charge in [-0.15, -0.1) is 4.52 Å². The van der Waals surface area contributed by atoms with E-state index in [0.717, 1.165) is 33.4 Å². The van der Waals surface area contributed by atoms with Crippen LogP contribution >= 0.6 is 24.7 Å². The third-order valence-corrected chi connectivity index (χ3v) is 14.2. The molecule has 6 rings (SSSR count). The van der Waals surface area contributed by atoms with E-state index >= 15 is 0 Å². The van der Waals surface area contributed by atoms with Crippen molar-refractivity contribution in [3.8, 4) is 50.6 Å². The predicted octanol–water partition coefficient (Wildman–Crippen LogP) is 15.2. The summed E-state index contributed by atoms with van der Waals surface area (Å²) in [6, 6.07) is 54.7. The first-order valence-electron chi connectivity index (χ1n) is 20.1. The standard InChI is InChI=1S/C48H55N2O6P3/c1-37(2)34-51-57(54-46-28-22-43(23-29-46)40-16-10-7-11-17-40)49-59(53-36-39(5)6,56-48-32-26-45(27-33-48)42-20-14-9-15-21-42)50-58(52-35-38(3)4)55-47-30-24-44(25-31-47)41-18-12-8-13-19-41/h7-33,37-39,49H,34-36H2,1-6H3/q+2. The molecule has 6 aromatic carbocycles. The van der Waals surface area contributed by atoms with E-state index in [2.05, 4.69) is 82.8 Å². The lowest BCUT2D eigenvalue weighted by Crippen LogP contribution is -2.22. The average Bonchev–Trinajstić information content (AvgIpc) is 3.26. The highest BCUT2D eigenvalue weighted by atomic mass is 31.3. The summed E-state index contributed by atoms with van der Waals surface area (Å²) in [5, 5.41) is 0. The molecule has 6 aromatic rings. The molecule has 0 amide bonds. The summed E-state index contributed by atoms with van der Waals surface area (Å²) in [6.45, 7) is 13.8. The molecule has 0 aromatic heterocycles. The first-order valence-corrected chi connectivity index (χ1v) is 23.9. The Morgan fingerprint density at radius 1 is 0.492 bits per heavy atom. The van der Waals surface area contributed by atoms with Crippen LogP contribution in [0, 0.1) is 17.8 Å². The first-order chi connectivity index (χ1) is 28.6. The van der Waals surface area contributed by atoms with Crippen molar-refractivity contribution in [2.75, 3.05) is 19.8 Å². The summed E-state index contributed by atoms with van der Waals surface area (Å²) in [7, 11) is -7.40. The molecule has 0 aliphatic rings. The second-order valence-electron chi connectivity index (χ2n) is 15.2. The van der Waals surface area contributed by atoms with Gasteiger partial charge in [-0.2, -0.15) is 4.52 Å². The normalized spacial score (nSPS) is 13.3. The van der Waals surface area contributed by atoms with Gasteiger partial charge >= 0.3 is 24.7 Å². The maximum Gasteiger partial charge on any atom is 0.660 e. The zero-order valence-electron chi connectivity index (χ0n) is 34.7. The Kier molecular flexibility index (Phi) is 16.6. The number of hydrogen-bond acceptors (Lipinski definition) is 8. The van der Waals surface area contributed by atoms with Crippen LogP contribution in [-0.4, -0.2) is 19.8 Å². The molecule has 0 aliphatic heterocycles. The largest absolute Gasteiger partial charge is 0.660 e. The highest BCUT2D eigenvalue weighted by molar-refractivity contribution is 7.75. The number of rotatable bonds is 21. The quantitative estimate of drug-likeness (QED) is 0.0723. The molecular formula is C48H55N2O6P3+2. The van der Waals surface area contributed by atoms with Crippen molar-refractivity contribution in [2.45, 2.75) is 41.5 Å². The summed E-state index contributed by atoms with van der Waals surface area (Å²) >= 11 is 0. The van der Waals surface area contributed by atoms with Crippen LogP contribution in [0.15, 0.2) is 168 Å². The molecule has 0 fully saturated rings. The Morgan fingerprint density at radius 2 is 0.898 bits per heavy atom. The van der Waals surface area contributed by atoms with Gasteiger partial charge < -0.3 is 9.05 Å². The highest BCUT2D eigenvalue weighted by Crippen LogP contribution is 2.67. The van der Waals surface area contributed by atoms with Gasteiger partial charge in [-0.1, -0.05) is 169 Å². The van der Waals surface area contributed by atoms with Crippen LogP contribution in [0.25, 0.3) is 33.4 Å². The topological polar surface area (TPSA) is 79.8 Å². The molecule has 8 nitrogen and oxygen atoms in total. The van der Waals surface area contributed by atoms with Gasteiger partial charge in [0.15, 0.2) is 11.5 Å². The Bertz CT molecular complexity index is 2160. The molecule has 0 spiro atoms. The maximum absolute atomic E-state index is 6.97.